The topological polar surface area (TPSA) is 26.0 Å². The fraction of sp³-hybridized carbons (Fsp3) is 0.261. The van der Waals surface area contributed by atoms with Crippen molar-refractivity contribution in [3.8, 4) is 0 Å². The van der Waals surface area contributed by atoms with Crippen molar-refractivity contribution in [3.63, 3.8) is 0 Å². The molecular formula is C23H22NO+. The summed E-state index contributed by atoms with van der Waals surface area (Å²) in [7, 11) is 0. The van der Waals surface area contributed by atoms with Crippen molar-refractivity contribution < 1.29 is 4.42 Å². The van der Waals surface area contributed by atoms with Gasteiger partial charge in [0.1, 0.15) is 5.56 Å². The van der Waals surface area contributed by atoms with Gasteiger partial charge in [0.2, 0.25) is 11.3 Å². The lowest BCUT2D eigenvalue weighted by Gasteiger charge is -2.21. The first kappa shape index (κ1) is 15.8. The van der Waals surface area contributed by atoms with Gasteiger partial charge in [0.15, 0.2) is 11.3 Å². The molecule has 4 rings (SSSR count). The largest absolute Gasteiger partial charge is 0.409 e. The number of benzene rings is 1. The first-order valence-corrected chi connectivity index (χ1v) is 8.65. The van der Waals surface area contributed by atoms with Gasteiger partial charge in [0.25, 0.3) is 0 Å². The SMILES string of the molecule is Cc1ccc2c3c(oc2c1)C(c1cc(C(C)(C)C)c(C)cn1)=[C+]C=C3. The van der Waals surface area contributed by atoms with Gasteiger partial charge in [-0.3, -0.25) is 0 Å². The zero-order valence-corrected chi connectivity index (χ0v) is 15.4. The summed E-state index contributed by atoms with van der Waals surface area (Å²) < 4.78 is 6.20. The van der Waals surface area contributed by atoms with E-state index in [9.17, 15) is 0 Å². The van der Waals surface area contributed by atoms with Crippen LogP contribution in [0.5, 0.6) is 0 Å². The molecule has 0 amide bonds. The molecule has 0 N–H and O–H groups in total. The molecule has 0 spiro atoms. The number of furan rings is 1. The standard InChI is InChI=1S/C23H22NO/c1-14-9-10-16-17-7-6-8-18(22(17)25-21(16)11-14)20-12-19(23(3,4)5)15(2)13-24-20/h6-7,9-13H,1-5H3/q+1. The maximum Gasteiger partial charge on any atom is 0.243 e. The predicted molar refractivity (Wildman–Crippen MR) is 103 cm³/mol. The van der Waals surface area contributed by atoms with E-state index in [1.54, 1.807) is 0 Å². The number of pyridine rings is 1. The van der Waals surface area contributed by atoms with Crippen LogP contribution in [0.25, 0.3) is 22.6 Å². The third kappa shape index (κ3) is 2.59. The third-order valence-electron chi connectivity index (χ3n) is 4.76. The summed E-state index contributed by atoms with van der Waals surface area (Å²) >= 11 is 0. The summed E-state index contributed by atoms with van der Waals surface area (Å²) in [6.07, 6.45) is 9.33. The summed E-state index contributed by atoms with van der Waals surface area (Å²) in [5, 5.41) is 1.14. The van der Waals surface area contributed by atoms with Gasteiger partial charge < -0.3 is 4.42 Å². The molecule has 0 fully saturated rings. The molecule has 1 aliphatic carbocycles. The van der Waals surface area contributed by atoms with Crippen molar-refractivity contribution in [1.82, 2.24) is 4.98 Å². The Morgan fingerprint density at radius 1 is 1.08 bits per heavy atom. The van der Waals surface area contributed by atoms with Crippen LogP contribution in [0.4, 0.5) is 0 Å². The molecule has 0 atom stereocenters. The molecule has 2 aromatic heterocycles. The van der Waals surface area contributed by atoms with Gasteiger partial charge in [0.05, 0.1) is 6.08 Å². The number of rotatable bonds is 1. The van der Waals surface area contributed by atoms with E-state index in [-0.39, 0.29) is 5.41 Å². The van der Waals surface area contributed by atoms with Crippen molar-refractivity contribution in [2.24, 2.45) is 0 Å². The number of nitrogens with zero attached hydrogens (tertiary/aromatic N) is 1. The van der Waals surface area contributed by atoms with Crippen LogP contribution in [-0.4, -0.2) is 4.98 Å². The average molecular weight is 328 g/mol. The molecule has 2 heteroatoms. The highest BCUT2D eigenvalue weighted by Gasteiger charge is 2.30. The van der Waals surface area contributed by atoms with Crippen molar-refractivity contribution >= 4 is 22.6 Å². The van der Waals surface area contributed by atoms with Gasteiger partial charge in [0, 0.05) is 29.8 Å². The summed E-state index contributed by atoms with van der Waals surface area (Å²) in [5.74, 6) is 0.860. The van der Waals surface area contributed by atoms with Gasteiger partial charge >= 0.3 is 0 Å². The second kappa shape index (κ2) is 5.40. The maximum absolute atomic E-state index is 6.20. The van der Waals surface area contributed by atoms with E-state index in [1.165, 1.54) is 16.7 Å². The van der Waals surface area contributed by atoms with Crippen LogP contribution in [0.1, 0.15) is 54.5 Å². The van der Waals surface area contributed by atoms with E-state index in [0.29, 0.717) is 0 Å². The molecule has 0 unspecified atom stereocenters. The normalized spacial score (nSPS) is 13.6. The second-order valence-corrected chi connectivity index (χ2v) is 7.83. The first-order chi connectivity index (χ1) is 11.8. The average Bonchev–Trinajstić information content (AvgIpc) is 2.91. The number of fused-ring (bicyclic) bond motifs is 3. The van der Waals surface area contributed by atoms with E-state index in [0.717, 1.165) is 33.6 Å². The van der Waals surface area contributed by atoms with Crippen LogP contribution >= 0.6 is 0 Å². The zero-order valence-electron chi connectivity index (χ0n) is 15.4. The zero-order chi connectivity index (χ0) is 17.8. The Balaban J connectivity index is 1.91. The molecule has 1 aromatic carbocycles. The predicted octanol–water partition coefficient (Wildman–Crippen LogP) is 6.00. The van der Waals surface area contributed by atoms with Crippen LogP contribution in [0.3, 0.4) is 0 Å². The minimum atomic E-state index is 0.0701. The third-order valence-corrected chi connectivity index (χ3v) is 4.76. The number of aromatic nitrogens is 1. The van der Waals surface area contributed by atoms with Gasteiger partial charge in [-0.15, -0.1) is 0 Å². The smallest absolute Gasteiger partial charge is 0.243 e. The van der Waals surface area contributed by atoms with Crippen LogP contribution in [0, 0.1) is 19.9 Å². The molecule has 0 radical (unpaired) electrons. The van der Waals surface area contributed by atoms with Crippen molar-refractivity contribution in [1.29, 1.82) is 0 Å². The molecule has 3 aromatic rings. The minimum Gasteiger partial charge on any atom is -0.409 e. The lowest BCUT2D eigenvalue weighted by molar-refractivity contribution is 0.583. The molecule has 0 saturated carbocycles. The molecule has 0 saturated heterocycles. The molecule has 25 heavy (non-hydrogen) atoms. The Morgan fingerprint density at radius 2 is 1.88 bits per heavy atom. The Bertz CT molecular complexity index is 1040. The second-order valence-electron chi connectivity index (χ2n) is 7.83. The maximum atomic E-state index is 6.20. The molecule has 1 aliphatic rings. The van der Waals surface area contributed by atoms with Gasteiger partial charge in [-0.1, -0.05) is 26.8 Å². The monoisotopic (exact) mass is 328 g/mol. The minimum absolute atomic E-state index is 0.0701. The highest BCUT2D eigenvalue weighted by atomic mass is 16.3. The lowest BCUT2D eigenvalue weighted by atomic mass is 9.83. The van der Waals surface area contributed by atoms with E-state index >= 15 is 0 Å². The summed E-state index contributed by atoms with van der Waals surface area (Å²) in [6, 6.07) is 8.51. The van der Waals surface area contributed by atoms with E-state index in [4.69, 9.17) is 4.42 Å². The Labute approximate surface area is 148 Å². The van der Waals surface area contributed by atoms with Crippen molar-refractivity contribution in [2.75, 3.05) is 0 Å². The van der Waals surface area contributed by atoms with E-state index in [1.807, 2.05) is 12.3 Å². The van der Waals surface area contributed by atoms with Crippen molar-refractivity contribution in [2.45, 2.75) is 40.0 Å². The Hall–Kier alpha value is -2.70. The number of aryl methyl sites for hydroxylation is 2. The van der Waals surface area contributed by atoms with Crippen LogP contribution in [0.2, 0.25) is 0 Å². The first-order valence-electron chi connectivity index (χ1n) is 8.65. The quantitative estimate of drug-likeness (QED) is 0.512. The van der Waals surface area contributed by atoms with Gasteiger partial charge in [-0.25, -0.2) is 4.98 Å². The Morgan fingerprint density at radius 3 is 2.64 bits per heavy atom. The summed E-state index contributed by atoms with van der Waals surface area (Å²) in [5.41, 5.74) is 7.65. The van der Waals surface area contributed by atoms with E-state index < -0.39 is 0 Å². The molecule has 2 nitrogen and oxygen atoms in total. The Kier molecular flexibility index (Phi) is 3.42. The van der Waals surface area contributed by atoms with Crippen molar-refractivity contribution in [3.05, 3.63) is 76.3 Å². The summed E-state index contributed by atoms with van der Waals surface area (Å²) in [4.78, 5) is 4.67. The van der Waals surface area contributed by atoms with Gasteiger partial charge in [-0.05, 0) is 48.1 Å². The van der Waals surface area contributed by atoms with Crippen LogP contribution in [0.15, 0.2) is 41.0 Å². The van der Waals surface area contributed by atoms with Gasteiger partial charge in [-0.2, -0.15) is 0 Å². The fourth-order valence-corrected chi connectivity index (χ4v) is 3.51. The lowest BCUT2D eigenvalue weighted by Crippen LogP contribution is -2.14. The molecule has 2 heterocycles. The van der Waals surface area contributed by atoms with E-state index in [2.05, 4.69) is 76.0 Å². The molecule has 0 bridgehead atoms. The summed E-state index contributed by atoms with van der Waals surface area (Å²) in [6.45, 7) is 10.9. The number of hydrogen-bond acceptors (Lipinski definition) is 2. The highest BCUT2D eigenvalue weighted by molar-refractivity contribution is 5.97. The molecular weight excluding hydrogens is 306 g/mol. The number of hydrogen-bond donors (Lipinski definition) is 0. The fourth-order valence-electron chi connectivity index (χ4n) is 3.51. The molecule has 124 valence electrons. The number of allylic oxidation sites excluding steroid dienone is 2. The van der Waals surface area contributed by atoms with Crippen LogP contribution in [-0.2, 0) is 5.41 Å². The van der Waals surface area contributed by atoms with Crippen LogP contribution < -0.4 is 0 Å². The highest BCUT2D eigenvalue weighted by Crippen LogP contribution is 2.38. The molecule has 0 aliphatic heterocycles.